The van der Waals surface area contributed by atoms with Gasteiger partial charge in [-0.1, -0.05) is 17.7 Å². The molecule has 8 heteroatoms. The second kappa shape index (κ2) is 11.4. The number of fused-ring (bicyclic) bond motifs is 1. The van der Waals surface area contributed by atoms with E-state index in [4.69, 9.17) is 21.1 Å². The summed E-state index contributed by atoms with van der Waals surface area (Å²) in [5.41, 5.74) is 2.54. The average molecular weight is 527 g/mol. The quantitative estimate of drug-likeness (QED) is 0.373. The highest BCUT2D eigenvalue weighted by Crippen LogP contribution is 2.34. The maximum absolute atomic E-state index is 13.7. The van der Waals surface area contributed by atoms with Gasteiger partial charge in [-0.2, -0.15) is 0 Å². The molecule has 0 bridgehead atoms. The number of benzene rings is 2. The lowest BCUT2D eigenvalue weighted by atomic mass is 10.00. The number of amides is 2. The number of halogens is 1. The summed E-state index contributed by atoms with van der Waals surface area (Å²) in [6, 6.07) is 14.3. The lowest BCUT2D eigenvalue weighted by Gasteiger charge is -2.37. The number of ether oxygens (including phenoxy) is 2. The number of thiophene rings is 1. The number of nitrogens with zero attached hydrogens (tertiary/aromatic N) is 2. The highest BCUT2D eigenvalue weighted by molar-refractivity contribution is 7.10. The van der Waals surface area contributed by atoms with Gasteiger partial charge in [0.05, 0.1) is 13.2 Å². The van der Waals surface area contributed by atoms with Gasteiger partial charge < -0.3 is 19.3 Å². The van der Waals surface area contributed by atoms with Crippen molar-refractivity contribution >= 4 is 34.8 Å². The SMILES string of the molecule is COc1cccc(C(=O)N(CC(=O)N2CCc3sccc3[C@@H]2COc2ccc(Cl)c(C)c2)C(C)C)c1. The van der Waals surface area contributed by atoms with Crippen LogP contribution in [0.1, 0.15) is 46.3 Å². The number of carbonyl (C=O) groups is 2. The van der Waals surface area contributed by atoms with E-state index >= 15 is 0 Å². The molecule has 2 amide bonds. The first kappa shape index (κ1) is 26.0. The van der Waals surface area contributed by atoms with E-state index in [2.05, 4.69) is 11.4 Å². The van der Waals surface area contributed by atoms with Crippen molar-refractivity contribution in [1.82, 2.24) is 9.80 Å². The molecule has 3 aromatic rings. The molecule has 0 radical (unpaired) electrons. The fourth-order valence-electron chi connectivity index (χ4n) is 4.40. The summed E-state index contributed by atoms with van der Waals surface area (Å²) in [6.45, 7) is 6.66. The Morgan fingerprint density at radius 3 is 2.69 bits per heavy atom. The van der Waals surface area contributed by atoms with Gasteiger partial charge in [0.15, 0.2) is 0 Å². The second-order valence-corrected chi connectivity index (χ2v) is 10.5. The van der Waals surface area contributed by atoms with Crippen molar-refractivity contribution in [2.24, 2.45) is 0 Å². The summed E-state index contributed by atoms with van der Waals surface area (Å²) in [5.74, 6) is 1.02. The molecule has 0 aliphatic carbocycles. The molecule has 0 unspecified atom stereocenters. The fraction of sp³-hybridized carbons (Fsp3) is 0.357. The highest BCUT2D eigenvalue weighted by atomic mass is 35.5. The number of hydrogen-bond acceptors (Lipinski definition) is 5. The van der Waals surface area contributed by atoms with Crippen LogP contribution in [-0.4, -0.2) is 54.5 Å². The zero-order valence-corrected chi connectivity index (χ0v) is 22.6. The molecule has 6 nitrogen and oxygen atoms in total. The molecular formula is C28H31ClN2O4S. The third kappa shape index (κ3) is 5.68. The standard InChI is InChI=1S/C28H31ClN2O4S/c1-18(2)31(28(33)20-6-5-7-21(15-20)34-4)16-27(32)30-12-10-26-23(11-13-36-26)25(30)17-35-22-8-9-24(29)19(3)14-22/h5-9,11,13-15,18,25H,10,12,16-17H2,1-4H3/t25-/m0/s1. The molecule has 2 aromatic carbocycles. The van der Waals surface area contributed by atoms with Crippen LogP contribution >= 0.6 is 22.9 Å². The zero-order valence-electron chi connectivity index (χ0n) is 21.0. The summed E-state index contributed by atoms with van der Waals surface area (Å²) in [4.78, 5) is 31.7. The Balaban J connectivity index is 1.53. The first-order valence-electron chi connectivity index (χ1n) is 12.0. The van der Waals surface area contributed by atoms with Crippen molar-refractivity contribution < 1.29 is 19.1 Å². The van der Waals surface area contributed by atoms with Crippen LogP contribution in [0.25, 0.3) is 0 Å². The van der Waals surface area contributed by atoms with Gasteiger partial charge in [0.1, 0.15) is 24.7 Å². The first-order chi connectivity index (χ1) is 17.3. The molecule has 1 atom stereocenters. The number of rotatable bonds is 8. The van der Waals surface area contributed by atoms with Gasteiger partial charge in [0, 0.05) is 28.0 Å². The van der Waals surface area contributed by atoms with Crippen LogP contribution in [-0.2, 0) is 11.2 Å². The molecule has 2 heterocycles. The predicted octanol–water partition coefficient (Wildman–Crippen LogP) is 5.77. The number of carbonyl (C=O) groups excluding carboxylic acids is 2. The van der Waals surface area contributed by atoms with Crippen molar-refractivity contribution in [3.05, 3.63) is 80.5 Å². The minimum Gasteiger partial charge on any atom is -0.497 e. The lowest BCUT2D eigenvalue weighted by molar-refractivity contribution is -0.136. The predicted molar refractivity (Wildman–Crippen MR) is 143 cm³/mol. The summed E-state index contributed by atoms with van der Waals surface area (Å²) in [7, 11) is 1.57. The maximum atomic E-state index is 13.7. The second-order valence-electron chi connectivity index (χ2n) is 9.13. The first-order valence-corrected chi connectivity index (χ1v) is 13.2. The largest absolute Gasteiger partial charge is 0.497 e. The van der Waals surface area contributed by atoms with Gasteiger partial charge in [-0.25, -0.2) is 0 Å². The third-order valence-corrected chi connectivity index (χ3v) is 7.88. The normalized spacial score (nSPS) is 14.9. The molecule has 1 aliphatic heterocycles. The van der Waals surface area contributed by atoms with Crippen LogP contribution in [0.3, 0.4) is 0 Å². The molecule has 0 saturated carbocycles. The van der Waals surface area contributed by atoms with Gasteiger partial charge in [-0.05, 0) is 86.2 Å². The maximum Gasteiger partial charge on any atom is 0.254 e. The van der Waals surface area contributed by atoms with Crippen molar-refractivity contribution in [2.75, 3.05) is 26.8 Å². The third-order valence-electron chi connectivity index (χ3n) is 6.46. The Bertz CT molecular complexity index is 1240. The Hall–Kier alpha value is -3.03. The molecule has 1 aromatic heterocycles. The Morgan fingerprint density at radius 2 is 1.97 bits per heavy atom. The van der Waals surface area contributed by atoms with Crippen LogP contribution in [0.2, 0.25) is 5.02 Å². The van der Waals surface area contributed by atoms with E-state index in [9.17, 15) is 9.59 Å². The Labute approximate surface area is 221 Å². The molecule has 1 aliphatic rings. The van der Waals surface area contributed by atoms with E-state index in [1.807, 2.05) is 43.9 Å². The highest BCUT2D eigenvalue weighted by Gasteiger charge is 2.34. The van der Waals surface area contributed by atoms with Gasteiger partial charge >= 0.3 is 0 Å². The van der Waals surface area contributed by atoms with E-state index in [0.717, 1.165) is 17.5 Å². The molecular weight excluding hydrogens is 496 g/mol. The van der Waals surface area contributed by atoms with Gasteiger partial charge in [-0.3, -0.25) is 9.59 Å². The fourth-order valence-corrected chi connectivity index (χ4v) is 5.45. The average Bonchev–Trinajstić information content (AvgIpc) is 3.36. The molecule has 0 N–H and O–H groups in total. The van der Waals surface area contributed by atoms with Crippen LogP contribution in [0, 0.1) is 6.92 Å². The summed E-state index contributed by atoms with van der Waals surface area (Å²) >= 11 is 7.87. The van der Waals surface area contributed by atoms with Crippen LogP contribution < -0.4 is 9.47 Å². The lowest BCUT2D eigenvalue weighted by Crippen LogP contribution is -2.49. The van der Waals surface area contributed by atoms with E-state index in [0.29, 0.717) is 35.2 Å². The topological polar surface area (TPSA) is 59.1 Å². The van der Waals surface area contributed by atoms with Crippen LogP contribution in [0.5, 0.6) is 11.5 Å². The van der Waals surface area contributed by atoms with Crippen LogP contribution in [0.4, 0.5) is 0 Å². The van der Waals surface area contributed by atoms with Crippen LogP contribution in [0.15, 0.2) is 53.9 Å². The van der Waals surface area contributed by atoms with Crippen molar-refractivity contribution in [1.29, 1.82) is 0 Å². The van der Waals surface area contributed by atoms with E-state index in [-0.39, 0.29) is 30.4 Å². The minimum absolute atomic E-state index is 0.0102. The molecule has 0 fully saturated rings. The number of aryl methyl sites for hydroxylation is 1. The minimum atomic E-state index is -0.232. The van der Waals surface area contributed by atoms with Crippen molar-refractivity contribution in [2.45, 2.75) is 39.3 Å². The van der Waals surface area contributed by atoms with E-state index in [1.165, 1.54) is 4.88 Å². The smallest absolute Gasteiger partial charge is 0.254 e. The van der Waals surface area contributed by atoms with E-state index in [1.54, 1.807) is 47.6 Å². The summed E-state index contributed by atoms with van der Waals surface area (Å²) < 4.78 is 11.4. The molecule has 36 heavy (non-hydrogen) atoms. The molecule has 4 rings (SSSR count). The molecule has 190 valence electrons. The zero-order chi connectivity index (χ0) is 25.8. The summed E-state index contributed by atoms with van der Waals surface area (Å²) in [6.07, 6.45) is 0.792. The van der Waals surface area contributed by atoms with E-state index < -0.39 is 0 Å². The Kier molecular flexibility index (Phi) is 8.21. The Morgan fingerprint density at radius 1 is 1.17 bits per heavy atom. The van der Waals surface area contributed by atoms with Gasteiger partial charge in [-0.15, -0.1) is 11.3 Å². The van der Waals surface area contributed by atoms with Gasteiger partial charge in [0.25, 0.3) is 5.91 Å². The number of methoxy groups -OCH3 is 1. The molecule has 0 spiro atoms. The number of hydrogen-bond donors (Lipinski definition) is 0. The molecule has 0 saturated heterocycles. The monoisotopic (exact) mass is 526 g/mol. The van der Waals surface area contributed by atoms with Crippen molar-refractivity contribution in [3.63, 3.8) is 0 Å². The van der Waals surface area contributed by atoms with Gasteiger partial charge in [0.2, 0.25) is 5.91 Å². The van der Waals surface area contributed by atoms with Crippen molar-refractivity contribution in [3.8, 4) is 11.5 Å². The summed E-state index contributed by atoms with van der Waals surface area (Å²) in [5, 5.41) is 2.75.